The van der Waals surface area contributed by atoms with Crippen LogP contribution < -0.4 is 11.1 Å². The molecule has 1 unspecified atom stereocenters. The van der Waals surface area contributed by atoms with Crippen molar-refractivity contribution in [3.8, 4) is 0 Å². The van der Waals surface area contributed by atoms with Gasteiger partial charge in [0.25, 0.3) is 0 Å². The Labute approximate surface area is 154 Å². The van der Waals surface area contributed by atoms with Crippen LogP contribution in [0.2, 0.25) is 0 Å². The number of carbonyl (C=O) groups is 1. The highest BCUT2D eigenvalue weighted by Crippen LogP contribution is 2.20. The number of rotatable bonds is 8. The summed E-state index contributed by atoms with van der Waals surface area (Å²) in [5, 5.41) is 3.05. The second-order valence-corrected chi connectivity index (χ2v) is 6.57. The van der Waals surface area contributed by atoms with Gasteiger partial charge in [0.1, 0.15) is 11.9 Å². The standard InChI is InChI=1S/C17H23N3O2S.C2H6/c1-19-16-8-4-6-12(20-16)5-3-7-13-9-10-14(23-13)11-15(18)17(21)22-2;1-2/h4,6,8-10,15H,3,5,7,11,18H2,1-2H3,(H,19,20);1-2H3. The third kappa shape index (κ3) is 7.23. The van der Waals surface area contributed by atoms with Crippen molar-refractivity contribution in [2.75, 3.05) is 19.5 Å². The zero-order chi connectivity index (χ0) is 18.7. The summed E-state index contributed by atoms with van der Waals surface area (Å²) < 4.78 is 4.65. The summed E-state index contributed by atoms with van der Waals surface area (Å²) in [4.78, 5) is 18.3. The van der Waals surface area contributed by atoms with E-state index in [-0.39, 0.29) is 5.97 Å². The molecule has 5 nitrogen and oxygen atoms in total. The molecule has 0 spiro atoms. The van der Waals surface area contributed by atoms with E-state index in [1.54, 1.807) is 11.3 Å². The highest BCUT2D eigenvalue weighted by Gasteiger charge is 2.15. The van der Waals surface area contributed by atoms with Crippen molar-refractivity contribution in [1.29, 1.82) is 0 Å². The van der Waals surface area contributed by atoms with E-state index in [0.717, 1.165) is 35.7 Å². The summed E-state index contributed by atoms with van der Waals surface area (Å²) >= 11 is 1.71. The van der Waals surface area contributed by atoms with Gasteiger partial charge in [0.15, 0.2) is 0 Å². The van der Waals surface area contributed by atoms with E-state index >= 15 is 0 Å². The lowest BCUT2D eigenvalue weighted by atomic mass is 10.1. The number of hydrogen-bond donors (Lipinski definition) is 2. The minimum Gasteiger partial charge on any atom is -0.468 e. The number of methoxy groups -OCH3 is 1. The summed E-state index contributed by atoms with van der Waals surface area (Å²) in [6, 6.07) is 9.60. The van der Waals surface area contributed by atoms with E-state index in [4.69, 9.17) is 5.73 Å². The van der Waals surface area contributed by atoms with Gasteiger partial charge < -0.3 is 15.8 Å². The molecule has 25 heavy (non-hydrogen) atoms. The van der Waals surface area contributed by atoms with Crippen molar-refractivity contribution in [1.82, 2.24) is 4.98 Å². The van der Waals surface area contributed by atoms with Crippen molar-refractivity contribution in [2.45, 2.75) is 45.6 Å². The maximum atomic E-state index is 11.3. The molecular formula is C19H29N3O2S. The zero-order valence-electron chi connectivity index (χ0n) is 15.5. The van der Waals surface area contributed by atoms with Crippen LogP contribution in [-0.2, 0) is 28.8 Å². The van der Waals surface area contributed by atoms with Crippen molar-refractivity contribution >= 4 is 23.1 Å². The first kappa shape index (κ1) is 21.1. The van der Waals surface area contributed by atoms with Gasteiger partial charge in [-0.15, -0.1) is 11.3 Å². The van der Waals surface area contributed by atoms with Crippen LogP contribution in [0.15, 0.2) is 30.3 Å². The summed E-state index contributed by atoms with van der Waals surface area (Å²) in [6.45, 7) is 4.00. The number of aromatic nitrogens is 1. The van der Waals surface area contributed by atoms with E-state index in [2.05, 4.69) is 27.2 Å². The molecule has 2 aromatic heterocycles. The van der Waals surface area contributed by atoms with Crippen LogP contribution in [0.5, 0.6) is 0 Å². The number of carbonyl (C=O) groups excluding carboxylic acids is 1. The van der Waals surface area contributed by atoms with Crippen molar-refractivity contribution in [3.63, 3.8) is 0 Å². The molecule has 3 N–H and O–H groups in total. The van der Waals surface area contributed by atoms with Crippen LogP contribution in [-0.4, -0.2) is 31.2 Å². The number of esters is 1. The predicted octanol–water partition coefficient (Wildman–Crippen LogP) is 3.43. The van der Waals surface area contributed by atoms with E-state index in [1.807, 2.05) is 39.1 Å². The monoisotopic (exact) mass is 363 g/mol. The van der Waals surface area contributed by atoms with Crippen molar-refractivity contribution in [2.24, 2.45) is 5.73 Å². The Hall–Kier alpha value is -1.92. The Kier molecular flexibility index (Phi) is 9.80. The SMILES string of the molecule is CC.CNc1cccc(CCCc2ccc(CC(N)C(=O)OC)s2)n1. The topological polar surface area (TPSA) is 77.2 Å². The molecule has 0 saturated carbocycles. The van der Waals surface area contributed by atoms with Crippen molar-refractivity contribution < 1.29 is 9.53 Å². The number of hydrogen-bond acceptors (Lipinski definition) is 6. The van der Waals surface area contributed by atoms with E-state index in [0.29, 0.717) is 6.42 Å². The highest BCUT2D eigenvalue weighted by molar-refractivity contribution is 7.12. The molecule has 0 aromatic carbocycles. The van der Waals surface area contributed by atoms with E-state index < -0.39 is 6.04 Å². The number of ether oxygens (including phenoxy) is 1. The molecule has 138 valence electrons. The first-order valence-corrected chi connectivity index (χ1v) is 9.48. The predicted molar refractivity (Wildman–Crippen MR) is 105 cm³/mol. The molecule has 0 amide bonds. The maximum Gasteiger partial charge on any atom is 0.323 e. The maximum absolute atomic E-state index is 11.3. The van der Waals surface area contributed by atoms with Gasteiger partial charge in [-0.1, -0.05) is 19.9 Å². The second-order valence-electron chi connectivity index (χ2n) is 5.32. The lowest BCUT2D eigenvalue weighted by molar-refractivity contribution is -0.142. The van der Waals surface area contributed by atoms with E-state index in [1.165, 1.54) is 12.0 Å². The molecule has 0 saturated heterocycles. The average Bonchev–Trinajstić information content (AvgIpc) is 3.10. The number of nitrogens with one attached hydrogen (secondary N) is 1. The molecule has 6 heteroatoms. The van der Waals surface area contributed by atoms with Gasteiger partial charge in [-0.3, -0.25) is 4.79 Å². The Morgan fingerprint density at radius 1 is 1.24 bits per heavy atom. The minimum absolute atomic E-state index is 0.365. The van der Waals surface area contributed by atoms with Gasteiger partial charge >= 0.3 is 5.97 Å². The Morgan fingerprint density at radius 3 is 2.64 bits per heavy atom. The Balaban J connectivity index is 0.00000151. The van der Waals surface area contributed by atoms with Crippen LogP contribution in [0.1, 0.15) is 35.7 Å². The number of pyridine rings is 1. The smallest absolute Gasteiger partial charge is 0.323 e. The highest BCUT2D eigenvalue weighted by atomic mass is 32.1. The van der Waals surface area contributed by atoms with Gasteiger partial charge in [0.2, 0.25) is 0 Å². The number of aryl methyl sites for hydroxylation is 2. The third-order valence-electron chi connectivity index (χ3n) is 3.56. The molecule has 0 radical (unpaired) electrons. The summed E-state index contributed by atoms with van der Waals surface area (Å²) in [6.07, 6.45) is 3.53. The van der Waals surface area contributed by atoms with Gasteiger partial charge in [0.05, 0.1) is 7.11 Å². The summed E-state index contributed by atoms with van der Waals surface area (Å²) in [7, 11) is 3.23. The first-order valence-electron chi connectivity index (χ1n) is 8.67. The van der Waals surface area contributed by atoms with Crippen LogP contribution in [0.25, 0.3) is 0 Å². The third-order valence-corrected chi connectivity index (χ3v) is 4.73. The molecule has 2 heterocycles. The molecule has 0 aliphatic rings. The number of anilines is 1. The quantitative estimate of drug-likeness (QED) is 0.703. The van der Waals surface area contributed by atoms with Gasteiger partial charge in [-0.2, -0.15) is 0 Å². The van der Waals surface area contributed by atoms with Crippen LogP contribution in [0.3, 0.4) is 0 Å². The number of nitrogens with two attached hydrogens (primary N) is 1. The molecule has 2 aromatic rings. The fourth-order valence-electron chi connectivity index (χ4n) is 2.32. The fourth-order valence-corrected chi connectivity index (χ4v) is 3.44. The number of nitrogens with zero attached hydrogens (tertiary/aromatic N) is 1. The first-order chi connectivity index (χ1) is 12.1. The van der Waals surface area contributed by atoms with Gasteiger partial charge in [-0.05, 0) is 43.5 Å². The van der Waals surface area contributed by atoms with Crippen molar-refractivity contribution in [3.05, 3.63) is 45.8 Å². The average molecular weight is 364 g/mol. The van der Waals surface area contributed by atoms with Crippen LogP contribution in [0, 0.1) is 0 Å². The second kappa shape index (κ2) is 11.6. The summed E-state index contributed by atoms with van der Waals surface area (Å²) in [5.74, 6) is 0.535. The molecule has 0 bridgehead atoms. The van der Waals surface area contributed by atoms with Gasteiger partial charge in [-0.25, -0.2) is 4.98 Å². The normalized spacial score (nSPS) is 11.2. The fraction of sp³-hybridized carbons (Fsp3) is 0.474. The van der Waals surface area contributed by atoms with Gasteiger partial charge in [0, 0.05) is 28.9 Å². The minimum atomic E-state index is -0.583. The van der Waals surface area contributed by atoms with Crippen LogP contribution >= 0.6 is 11.3 Å². The molecule has 2 rings (SSSR count). The molecule has 0 aliphatic carbocycles. The lowest BCUT2D eigenvalue weighted by Crippen LogP contribution is -2.33. The molecule has 0 aliphatic heterocycles. The number of thiophene rings is 1. The lowest BCUT2D eigenvalue weighted by Gasteiger charge is -2.06. The Bertz CT molecular complexity index is 643. The molecule has 1 atom stereocenters. The van der Waals surface area contributed by atoms with Crippen LogP contribution in [0.4, 0.5) is 5.82 Å². The van der Waals surface area contributed by atoms with E-state index in [9.17, 15) is 4.79 Å². The largest absolute Gasteiger partial charge is 0.468 e. The molecule has 0 fully saturated rings. The Morgan fingerprint density at radius 2 is 1.96 bits per heavy atom. The summed E-state index contributed by atoms with van der Waals surface area (Å²) in [5.41, 5.74) is 6.89. The zero-order valence-corrected chi connectivity index (χ0v) is 16.4. The molecular weight excluding hydrogens is 334 g/mol.